The summed E-state index contributed by atoms with van der Waals surface area (Å²) in [6, 6.07) is 0. The molecule has 0 spiro atoms. The quantitative estimate of drug-likeness (QED) is 0.303. The lowest BCUT2D eigenvalue weighted by Gasteiger charge is -2.28. The second-order valence-corrected chi connectivity index (χ2v) is 6.80. The summed E-state index contributed by atoms with van der Waals surface area (Å²) in [4.78, 5) is 26.7. The molecule has 3 N–H and O–H groups in total. The summed E-state index contributed by atoms with van der Waals surface area (Å²) in [7, 11) is 0. The molecule has 11 nitrogen and oxygen atoms in total. The molecule has 29 heavy (non-hydrogen) atoms. The molecular formula is C18H27N7O4. The van der Waals surface area contributed by atoms with Crippen molar-refractivity contribution in [3.05, 3.63) is 12.0 Å². The molecule has 1 aliphatic heterocycles. The normalized spacial score (nSPS) is 14.1. The van der Waals surface area contributed by atoms with Crippen LogP contribution in [0.2, 0.25) is 0 Å². The largest absolute Gasteiger partial charge is 0.378 e. The number of carbonyl (C=O) groups excluding carboxylic acids is 1. The van der Waals surface area contributed by atoms with E-state index in [9.17, 15) is 4.79 Å². The molecule has 0 unspecified atom stereocenters. The number of aromatic nitrogens is 4. The summed E-state index contributed by atoms with van der Waals surface area (Å²) in [5, 5.41) is 15.7. The standard InChI is InChI=1S/C18H27N7O4/c1-13-21-18(29-24-13)16-17(19-7-5-3-2-4-6-15(26)23-27)22-14(12-20-16)25-8-10-28-11-9-25/h12,27H,2-11H2,1H3,(H,19,22)(H,23,26). The predicted molar refractivity (Wildman–Crippen MR) is 105 cm³/mol. The van der Waals surface area contributed by atoms with Crippen LogP contribution in [0.5, 0.6) is 0 Å². The number of hydroxylamine groups is 1. The zero-order valence-corrected chi connectivity index (χ0v) is 16.6. The van der Waals surface area contributed by atoms with E-state index < -0.39 is 0 Å². The van der Waals surface area contributed by atoms with Gasteiger partial charge in [0.05, 0.1) is 19.4 Å². The number of nitrogens with zero attached hydrogens (tertiary/aromatic N) is 5. The van der Waals surface area contributed by atoms with E-state index >= 15 is 0 Å². The average molecular weight is 405 g/mol. The van der Waals surface area contributed by atoms with Crippen LogP contribution < -0.4 is 15.7 Å². The lowest BCUT2D eigenvalue weighted by Crippen LogP contribution is -2.37. The van der Waals surface area contributed by atoms with Gasteiger partial charge in [-0.3, -0.25) is 10.0 Å². The topological polar surface area (TPSA) is 139 Å². The maximum absolute atomic E-state index is 11.0. The van der Waals surface area contributed by atoms with Crippen molar-refractivity contribution in [1.82, 2.24) is 25.6 Å². The number of ether oxygens (including phenoxy) is 1. The van der Waals surface area contributed by atoms with Gasteiger partial charge in [0, 0.05) is 26.1 Å². The highest BCUT2D eigenvalue weighted by atomic mass is 16.5. The molecular weight excluding hydrogens is 378 g/mol. The van der Waals surface area contributed by atoms with E-state index in [-0.39, 0.29) is 5.91 Å². The Morgan fingerprint density at radius 1 is 1.21 bits per heavy atom. The molecule has 1 fully saturated rings. The lowest BCUT2D eigenvalue weighted by atomic mass is 10.1. The van der Waals surface area contributed by atoms with Gasteiger partial charge in [0.25, 0.3) is 5.89 Å². The summed E-state index contributed by atoms with van der Waals surface area (Å²) in [5.74, 6) is 1.92. The Balaban J connectivity index is 1.60. The minimum absolute atomic E-state index is 0.331. The monoisotopic (exact) mass is 405 g/mol. The molecule has 0 bridgehead atoms. The van der Waals surface area contributed by atoms with Gasteiger partial charge in [-0.05, 0) is 19.8 Å². The molecule has 0 atom stereocenters. The summed E-state index contributed by atoms with van der Waals surface area (Å²) in [6.45, 7) is 5.34. The van der Waals surface area contributed by atoms with Gasteiger partial charge < -0.3 is 19.5 Å². The maximum atomic E-state index is 11.0. The summed E-state index contributed by atoms with van der Waals surface area (Å²) in [6.07, 6.45) is 5.56. The third-order valence-corrected chi connectivity index (χ3v) is 4.57. The summed E-state index contributed by atoms with van der Waals surface area (Å²) >= 11 is 0. The molecule has 0 aliphatic carbocycles. The number of unbranched alkanes of at least 4 members (excludes halogenated alkanes) is 3. The Bertz CT molecular complexity index is 792. The fourth-order valence-corrected chi connectivity index (χ4v) is 3.02. The van der Waals surface area contributed by atoms with Gasteiger partial charge in [0.1, 0.15) is 5.82 Å². The van der Waals surface area contributed by atoms with Crippen LogP contribution >= 0.6 is 0 Å². The van der Waals surface area contributed by atoms with Crippen LogP contribution in [0, 0.1) is 6.92 Å². The van der Waals surface area contributed by atoms with Crippen molar-refractivity contribution in [2.75, 3.05) is 43.1 Å². The molecule has 1 amide bonds. The number of morpholine rings is 1. The first-order valence-corrected chi connectivity index (χ1v) is 9.84. The van der Waals surface area contributed by atoms with E-state index in [0.717, 1.165) is 44.6 Å². The SMILES string of the molecule is Cc1noc(-c2ncc(N3CCOCC3)nc2NCCCCCCC(=O)NO)n1. The first-order chi connectivity index (χ1) is 14.2. The molecule has 0 aromatic carbocycles. The Labute approximate surface area is 168 Å². The van der Waals surface area contributed by atoms with Gasteiger partial charge in [0.15, 0.2) is 17.3 Å². The second-order valence-electron chi connectivity index (χ2n) is 6.80. The molecule has 2 aromatic rings. The number of amides is 1. The fraction of sp³-hybridized carbons (Fsp3) is 0.611. The van der Waals surface area contributed by atoms with Crippen molar-refractivity contribution in [2.24, 2.45) is 0 Å². The van der Waals surface area contributed by atoms with Crippen LogP contribution in [0.15, 0.2) is 10.7 Å². The second kappa shape index (κ2) is 10.7. The Kier molecular flexibility index (Phi) is 7.70. The maximum Gasteiger partial charge on any atom is 0.280 e. The third kappa shape index (κ3) is 6.09. The molecule has 2 aromatic heterocycles. The number of aryl methyl sites for hydroxylation is 1. The van der Waals surface area contributed by atoms with E-state index in [1.165, 1.54) is 0 Å². The van der Waals surface area contributed by atoms with Crippen molar-refractivity contribution in [3.63, 3.8) is 0 Å². The van der Waals surface area contributed by atoms with Crippen LogP contribution in [0.25, 0.3) is 11.6 Å². The third-order valence-electron chi connectivity index (χ3n) is 4.57. The minimum Gasteiger partial charge on any atom is -0.378 e. The van der Waals surface area contributed by atoms with Crippen molar-refractivity contribution in [2.45, 2.75) is 39.0 Å². The zero-order valence-electron chi connectivity index (χ0n) is 16.6. The van der Waals surface area contributed by atoms with Gasteiger partial charge >= 0.3 is 0 Å². The molecule has 0 radical (unpaired) electrons. The Morgan fingerprint density at radius 2 is 2.00 bits per heavy atom. The zero-order chi connectivity index (χ0) is 20.5. The molecule has 0 saturated carbocycles. The van der Waals surface area contributed by atoms with Crippen molar-refractivity contribution in [1.29, 1.82) is 0 Å². The van der Waals surface area contributed by atoms with Gasteiger partial charge in [-0.15, -0.1) is 0 Å². The van der Waals surface area contributed by atoms with Gasteiger partial charge in [-0.1, -0.05) is 18.0 Å². The highest BCUT2D eigenvalue weighted by Gasteiger charge is 2.19. The highest BCUT2D eigenvalue weighted by molar-refractivity contribution is 5.74. The van der Waals surface area contributed by atoms with Crippen molar-refractivity contribution < 1.29 is 19.3 Å². The number of hydrogen-bond acceptors (Lipinski definition) is 10. The van der Waals surface area contributed by atoms with Crippen molar-refractivity contribution >= 4 is 17.5 Å². The number of rotatable bonds is 10. The van der Waals surface area contributed by atoms with Crippen LogP contribution in [-0.2, 0) is 9.53 Å². The summed E-state index contributed by atoms with van der Waals surface area (Å²) in [5.41, 5.74) is 2.18. The smallest absolute Gasteiger partial charge is 0.280 e. The van der Waals surface area contributed by atoms with Gasteiger partial charge in [0.2, 0.25) is 5.91 Å². The molecule has 3 heterocycles. The van der Waals surface area contributed by atoms with E-state index in [1.54, 1.807) is 18.6 Å². The van der Waals surface area contributed by atoms with Crippen LogP contribution in [-0.4, -0.2) is 64.1 Å². The van der Waals surface area contributed by atoms with Gasteiger partial charge in [-0.2, -0.15) is 4.98 Å². The summed E-state index contributed by atoms with van der Waals surface area (Å²) < 4.78 is 10.7. The van der Waals surface area contributed by atoms with E-state index in [2.05, 4.69) is 25.3 Å². The van der Waals surface area contributed by atoms with Crippen molar-refractivity contribution in [3.8, 4) is 11.6 Å². The van der Waals surface area contributed by atoms with E-state index in [4.69, 9.17) is 19.5 Å². The number of hydrogen-bond donors (Lipinski definition) is 3. The van der Waals surface area contributed by atoms with Crippen LogP contribution in [0.3, 0.4) is 0 Å². The lowest BCUT2D eigenvalue weighted by molar-refractivity contribution is -0.129. The number of carbonyl (C=O) groups is 1. The van der Waals surface area contributed by atoms with E-state index in [1.807, 2.05) is 0 Å². The molecule has 1 aliphatic rings. The molecule has 11 heteroatoms. The predicted octanol–water partition coefficient (Wildman–Crippen LogP) is 1.54. The Hall–Kier alpha value is -2.79. The molecule has 1 saturated heterocycles. The molecule has 3 rings (SSSR count). The average Bonchev–Trinajstić information content (AvgIpc) is 3.19. The minimum atomic E-state index is -0.349. The fourth-order valence-electron chi connectivity index (χ4n) is 3.02. The number of anilines is 2. The van der Waals surface area contributed by atoms with Crippen LogP contribution in [0.1, 0.15) is 37.9 Å². The van der Waals surface area contributed by atoms with Crippen LogP contribution in [0.4, 0.5) is 11.6 Å². The highest BCUT2D eigenvalue weighted by Crippen LogP contribution is 2.25. The molecule has 158 valence electrons. The van der Waals surface area contributed by atoms with Gasteiger partial charge in [-0.25, -0.2) is 15.4 Å². The first kappa shape index (κ1) is 20.9. The Morgan fingerprint density at radius 3 is 2.72 bits per heavy atom. The number of nitrogens with one attached hydrogen (secondary N) is 2. The van der Waals surface area contributed by atoms with E-state index in [0.29, 0.717) is 49.4 Å². The first-order valence-electron chi connectivity index (χ1n) is 9.84.